The molecule has 0 spiro atoms. The number of benzene rings is 1. The Labute approximate surface area is 108 Å². The van der Waals surface area contributed by atoms with Gasteiger partial charge in [0.05, 0.1) is 0 Å². The van der Waals surface area contributed by atoms with Gasteiger partial charge >= 0.3 is 5.97 Å². The number of ether oxygens (including phenoxy) is 2. The van der Waals surface area contributed by atoms with Crippen LogP contribution in [0.15, 0.2) is 42.5 Å². The van der Waals surface area contributed by atoms with Gasteiger partial charge in [-0.1, -0.05) is 36.9 Å². The van der Waals surface area contributed by atoms with Crippen LogP contribution < -0.4 is 0 Å². The molecule has 1 aromatic rings. The van der Waals surface area contributed by atoms with Gasteiger partial charge in [-0.2, -0.15) is 0 Å². The van der Waals surface area contributed by atoms with Crippen molar-refractivity contribution in [3.8, 4) is 0 Å². The van der Waals surface area contributed by atoms with Crippen LogP contribution in [-0.4, -0.2) is 18.9 Å². The highest BCUT2D eigenvalue weighted by molar-refractivity contribution is 5.87. The van der Waals surface area contributed by atoms with Crippen LogP contribution in [0.1, 0.15) is 25.8 Å². The zero-order valence-electron chi connectivity index (χ0n) is 11.0. The summed E-state index contributed by atoms with van der Waals surface area (Å²) >= 11 is 0. The number of hydrogen-bond donors (Lipinski definition) is 0. The predicted octanol–water partition coefficient (Wildman–Crippen LogP) is 3.10. The van der Waals surface area contributed by atoms with Crippen LogP contribution in [0.2, 0.25) is 0 Å². The summed E-state index contributed by atoms with van der Waals surface area (Å²) in [7, 11) is 0. The summed E-state index contributed by atoms with van der Waals surface area (Å²) in [5, 5.41) is 0. The van der Waals surface area contributed by atoms with Gasteiger partial charge in [-0.25, -0.2) is 4.79 Å². The van der Waals surface area contributed by atoms with Gasteiger partial charge in [-0.15, -0.1) is 0 Å². The van der Waals surface area contributed by atoms with Crippen LogP contribution in [0.5, 0.6) is 0 Å². The summed E-state index contributed by atoms with van der Waals surface area (Å²) in [4.78, 5) is 11.4. The Balaban J connectivity index is 2.47. The first-order chi connectivity index (χ1) is 8.63. The third-order valence-corrected chi connectivity index (χ3v) is 2.45. The van der Waals surface area contributed by atoms with Crippen molar-refractivity contribution in [2.24, 2.45) is 0 Å². The monoisotopic (exact) mass is 248 g/mol. The first-order valence-electron chi connectivity index (χ1n) is 6.15. The van der Waals surface area contributed by atoms with E-state index in [1.54, 1.807) is 6.92 Å². The van der Waals surface area contributed by atoms with Crippen molar-refractivity contribution >= 4 is 5.97 Å². The van der Waals surface area contributed by atoms with E-state index in [0.717, 1.165) is 6.42 Å². The third kappa shape index (κ3) is 5.15. The molecular weight excluding hydrogens is 228 g/mol. The molecule has 0 radical (unpaired) electrons. The zero-order chi connectivity index (χ0) is 13.4. The minimum atomic E-state index is -0.501. The second-order valence-electron chi connectivity index (χ2n) is 4.09. The largest absolute Gasteiger partial charge is 0.432 e. The van der Waals surface area contributed by atoms with Crippen molar-refractivity contribution in [3.05, 3.63) is 48.0 Å². The molecule has 0 bridgehead atoms. The fourth-order valence-corrected chi connectivity index (χ4v) is 1.51. The van der Waals surface area contributed by atoms with Crippen LogP contribution in [0.3, 0.4) is 0 Å². The fraction of sp³-hybridized carbons (Fsp3) is 0.400. The molecule has 1 unspecified atom stereocenters. The molecule has 1 atom stereocenters. The lowest BCUT2D eigenvalue weighted by Gasteiger charge is -2.17. The Morgan fingerprint density at radius 3 is 2.56 bits per heavy atom. The molecule has 0 saturated carbocycles. The molecule has 0 amide bonds. The van der Waals surface area contributed by atoms with Crippen LogP contribution in [-0.2, 0) is 20.7 Å². The minimum Gasteiger partial charge on any atom is -0.432 e. The van der Waals surface area contributed by atoms with Crippen molar-refractivity contribution in [1.29, 1.82) is 0 Å². The first-order valence-corrected chi connectivity index (χ1v) is 6.15. The highest BCUT2D eigenvalue weighted by atomic mass is 16.7. The molecule has 0 aromatic heterocycles. The van der Waals surface area contributed by atoms with Crippen molar-refractivity contribution in [2.45, 2.75) is 33.0 Å². The fourth-order valence-electron chi connectivity index (χ4n) is 1.51. The molecule has 18 heavy (non-hydrogen) atoms. The summed E-state index contributed by atoms with van der Waals surface area (Å²) in [5.74, 6) is -0.401. The van der Waals surface area contributed by atoms with Crippen molar-refractivity contribution in [2.75, 3.05) is 6.61 Å². The van der Waals surface area contributed by atoms with Gasteiger partial charge in [0.1, 0.15) is 0 Å². The van der Waals surface area contributed by atoms with E-state index in [0.29, 0.717) is 18.6 Å². The second-order valence-corrected chi connectivity index (χ2v) is 4.09. The molecule has 0 saturated heterocycles. The van der Waals surface area contributed by atoms with E-state index in [1.807, 2.05) is 37.3 Å². The van der Waals surface area contributed by atoms with E-state index in [-0.39, 0.29) is 0 Å². The number of carbonyl (C=O) groups excluding carboxylic acids is 1. The molecule has 1 rings (SSSR count). The molecule has 1 aromatic carbocycles. The Hall–Kier alpha value is -1.61. The number of rotatable bonds is 7. The summed E-state index contributed by atoms with van der Waals surface area (Å²) in [6.07, 6.45) is 0.964. The molecule has 0 aliphatic rings. The smallest absolute Gasteiger partial charge is 0.335 e. The van der Waals surface area contributed by atoms with E-state index >= 15 is 0 Å². The SMILES string of the molecule is C=C(C)C(=O)OC(CCc1ccccc1)OCC. The molecular formula is C15H20O3. The van der Waals surface area contributed by atoms with Gasteiger partial charge in [-0.05, 0) is 25.8 Å². The van der Waals surface area contributed by atoms with Gasteiger partial charge in [-0.3, -0.25) is 0 Å². The van der Waals surface area contributed by atoms with E-state index < -0.39 is 12.3 Å². The lowest BCUT2D eigenvalue weighted by Crippen LogP contribution is -2.22. The summed E-state index contributed by atoms with van der Waals surface area (Å²) < 4.78 is 10.6. The van der Waals surface area contributed by atoms with Gasteiger partial charge in [0.2, 0.25) is 6.29 Å². The molecule has 98 valence electrons. The Morgan fingerprint density at radius 1 is 1.33 bits per heavy atom. The van der Waals surface area contributed by atoms with Gasteiger partial charge < -0.3 is 9.47 Å². The maximum atomic E-state index is 11.4. The Morgan fingerprint density at radius 2 is 2.00 bits per heavy atom. The first kappa shape index (κ1) is 14.5. The molecule has 0 heterocycles. The zero-order valence-corrected chi connectivity index (χ0v) is 11.0. The average molecular weight is 248 g/mol. The number of hydrogen-bond acceptors (Lipinski definition) is 3. The second kappa shape index (κ2) is 7.67. The number of aryl methyl sites for hydroxylation is 1. The van der Waals surface area contributed by atoms with Gasteiger partial charge in [0, 0.05) is 18.6 Å². The van der Waals surface area contributed by atoms with Gasteiger partial charge in [0.25, 0.3) is 0 Å². The molecule has 0 aliphatic carbocycles. The molecule has 3 nitrogen and oxygen atoms in total. The van der Waals surface area contributed by atoms with E-state index in [2.05, 4.69) is 6.58 Å². The third-order valence-electron chi connectivity index (χ3n) is 2.45. The van der Waals surface area contributed by atoms with Crippen LogP contribution in [0, 0.1) is 0 Å². The van der Waals surface area contributed by atoms with E-state index in [1.165, 1.54) is 5.56 Å². The van der Waals surface area contributed by atoms with E-state index in [4.69, 9.17) is 9.47 Å². The molecule has 0 N–H and O–H groups in total. The molecule has 0 aliphatic heterocycles. The lowest BCUT2D eigenvalue weighted by atomic mass is 10.1. The van der Waals surface area contributed by atoms with Crippen molar-refractivity contribution in [3.63, 3.8) is 0 Å². The van der Waals surface area contributed by atoms with E-state index in [9.17, 15) is 4.79 Å². The summed E-state index contributed by atoms with van der Waals surface area (Å²) in [6, 6.07) is 10.0. The quantitative estimate of drug-likeness (QED) is 0.422. The van der Waals surface area contributed by atoms with Crippen LogP contribution >= 0.6 is 0 Å². The maximum Gasteiger partial charge on any atom is 0.335 e. The summed E-state index contributed by atoms with van der Waals surface area (Å²) in [6.45, 7) is 7.58. The minimum absolute atomic E-state index is 0.388. The predicted molar refractivity (Wildman–Crippen MR) is 71.1 cm³/mol. The highest BCUT2D eigenvalue weighted by Gasteiger charge is 2.14. The van der Waals surface area contributed by atoms with Crippen LogP contribution in [0.25, 0.3) is 0 Å². The maximum absolute atomic E-state index is 11.4. The van der Waals surface area contributed by atoms with Crippen LogP contribution in [0.4, 0.5) is 0 Å². The van der Waals surface area contributed by atoms with Crippen molar-refractivity contribution in [1.82, 2.24) is 0 Å². The highest BCUT2D eigenvalue weighted by Crippen LogP contribution is 2.10. The Kier molecular flexibility index (Phi) is 6.15. The standard InChI is InChI=1S/C15H20O3/c1-4-17-14(18-15(16)12(2)3)11-10-13-8-6-5-7-9-13/h5-9,14H,2,4,10-11H2,1,3H3. The average Bonchev–Trinajstić information content (AvgIpc) is 2.37. The molecule has 3 heteroatoms. The Bertz CT molecular complexity index is 384. The van der Waals surface area contributed by atoms with Gasteiger partial charge in [0.15, 0.2) is 0 Å². The number of esters is 1. The topological polar surface area (TPSA) is 35.5 Å². The normalized spacial score (nSPS) is 11.9. The lowest BCUT2D eigenvalue weighted by molar-refractivity contribution is -0.174. The number of carbonyl (C=O) groups is 1. The molecule has 0 fully saturated rings. The summed E-state index contributed by atoms with van der Waals surface area (Å²) in [5.41, 5.74) is 1.59. The van der Waals surface area contributed by atoms with Crippen molar-refractivity contribution < 1.29 is 14.3 Å².